The van der Waals surface area contributed by atoms with Crippen LogP contribution in [0.15, 0.2) is 42.5 Å². The molecule has 2 aliphatic rings. The van der Waals surface area contributed by atoms with Gasteiger partial charge in [-0.15, -0.1) is 5.06 Å². The van der Waals surface area contributed by atoms with Crippen LogP contribution in [0.4, 0.5) is 14.9 Å². The van der Waals surface area contributed by atoms with Gasteiger partial charge in [-0.25, -0.2) is 9.18 Å². The van der Waals surface area contributed by atoms with Crippen molar-refractivity contribution in [2.75, 3.05) is 31.5 Å². The van der Waals surface area contributed by atoms with Crippen molar-refractivity contribution in [3.63, 3.8) is 0 Å². The Bertz CT molecular complexity index is 1070. The number of halogens is 1. The lowest BCUT2D eigenvalue weighted by Crippen LogP contribution is -2.45. The van der Waals surface area contributed by atoms with Gasteiger partial charge in [0, 0.05) is 43.0 Å². The van der Waals surface area contributed by atoms with Gasteiger partial charge >= 0.3 is 6.09 Å². The van der Waals surface area contributed by atoms with Gasteiger partial charge in [-0.05, 0) is 106 Å². The van der Waals surface area contributed by atoms with Crippen molar-refractivity contribution in [3.05, 3.63) is 65.0 Å². The highest BCUT2D eigenvalue weighted by atomic mass is 19.1. The average Bonchev–Trinajstić information content (AvgIpc) is 2.87. The van der Waals surface area contributed by atoms with Crippen molar-refractivity contribution in [2.24, 2.45) is 5.92 Å². The molecule has 1 saturated heterocycles. The van der Waals surface area contributed by atoms with Crippen LogP contribution in [-0.2, 0) is 17.7 Å². The third-order valence-electron chi connectivity index (χ3n) is 7.38. The molecule has 0 spiro atoms. The van der Waals surface area contributed by atoms with Crippen LogP contribution in [0.2, 0.25) is 0 Å². The summed E-state index contributed by atoms with van der Waals surface area (Å²) in [5.41, 5.74) is 3.83. The minimum atomic E-state index is -0.377. The molecule has 2 N–H and O–H groups in total. The standard InChI is InChI=1S/C29H39FN4O3/c1-4-33(19-21-13-15-34(16-14-21)37-29(36)31-20(2)3)27-12-8-22-7-11-26(17-24(22)18-27)32-28(35)23-5-9-25(30)10-6-23/h5-7,9-11,17,20-21,27H,4,8,12-16,18-19H2,1-3H3,(H,31,36)(H,32,35). The number of hydrogen-bond acceptors (Lipinski definition) is 5. The number of hydroxylamine groups is 2. The van der Waals surface area contributed by atoms with E-state index < -0.39 is 0 Å². The van der Waals surface area contributed by atoms with Gasteiger partial charge < -0.3 is 20.4 Å². The Labute approximate surface area is 219 Å². The maximum Gasteiger partial charge on any atom is 0.426 e. The normalized spacial score (nSPS) is 18.5. The van der Waals surface area contributed by atoms with Crippen LogP contribution in [0.5, 0.6) is 0 Å². The van der Waals surface area contributed by atoms with Crippen LogP contribution in [0, 0.1) is 11.7 Å². The highest BCUT2D eigenvalue weighted by molar-refractivity contribution is 6.04. The molecule has 1 aliphatic carbocycles. The summed E-state index contributed by atoms with van der Waals surface area (Å²) >= 11 is 0. The van der Waals surface area contributed by atoms with Gasteiger partial charge in [0.2, 0.25) is 0 Å². The van der Waals surface area contributed by atoms with E-state index in [9.17, 15) is 14.0 Å². The van der Waals surface area contributed by atoms with Crippen molar-refractivity contribution in [2.45, 2.75) is 65.0 Å². The lowest BCUT2D eigenvalue weighted by molar-refractivity contribution is -0.120. The predicted octanol–water partition coefficient (Wildman–Crippen LogP) is 5.02. The van der Waals surface area contributed by atoms with Crippen LogP contribution in [0.25, 0.3) is 0 Å². The molecule has 1 aliphatic heterocycles. The Morgan fingerprint density at radius 3 is 2.49 bits per heavy atom. The molecule has 1 unspecified atom stereocenters. The second-order valence-corrected chi connectivity index (χ2v) is 10.5. The number of carbonyl (C=O) groups excluding carboxylic acids is 2. The Hall–Kier alpha value is -2.97. The number of carbonyl (C=O) groups is 2. The number of likely N-dealkylation sites (N-methyl/N-ethyl adjacent to an activating group) is 1. The molecule has 1 atom stereocenters. The molecule has 2 aromatic carbocycles. The number of anilines is 1. The van der Waals surface area contributed by atoms with E-state index >= 15 is 0 Å². The molecular weight excluding hydrogens is 471 g/mol. The Morgan fingerprint density at radius 2 is 1.81 bits per heavy atom. The molecule has 0 aromatic heterocycles. The van der Waals surface area contributed by atoms with Crippen LogP contribution in [0.1, 0.15) is 61.5 Å². The van der Waals surface area contributed by atoms with E-state index in [2.05, 4.69) is 34.6 Å². The zero-order valence-corrected chi connectivity index (χ0v) is 22.1. The topological polar surface area (TPSA) is 73.9 Å². The number of nitrogens with zero attached hydrogens (tertiary/aromatic N) is 2. The number of hydrogen-bond donors (Lipinski definition) is 2. The molecule has 1 fully saturated rings. The SMILES string of the molecule is CCN(CC1CCN(OC(=O)NC(C)C)CC1)C1CCc2ccc(NC(=O)c3ccc(F)cc3)cc2C1. The lowest BCUT2D eigenvalue weighted by Gasteiger charge is -2.39. The monoisotopic (exact) mass is 510 g/mol. The molecule has 8 heteroatoms. The third kappa shape index (κ3) is 7.52. The maximum absolute atomic E-state index is 13.2. The first-order chi connectivity index (χ1) is 17.8. The van der Waals surface area contributed by atoms with Gasteiger partial charge in [0.1, 0.15) is 5.82 Å². The van der Waals surface area contributed by atoms with Crippen molar-refractivity contribution in [3.8, 4) is 0 Å². The minimum absolute atomic E-state index is 0.0610. The second-order valence-electron chi connectivity index (χ2n) is 10.5. The fraction of sp³-hybridized carbons (Fsp3) is 0.517. The number of aryl methyl sites for hydroxylation is 1. The largest absolute Gasteiger partial charge is 0.426 e. The van der Waals surface area contributed by atoms with E-state index in [0.717, 1.165) is 64.0 Å². The summed E-state index contributed by atoms with van der Waals surface area (Å²) in [6.07, 6.45) is 4.75. The zero-order chi connectivity index (χ0) is 26.4. The van der Waals surface area contributed by atoms with Gasteiger partial charge in [0.15, 0.2) is 0 Å². The Balaban J connectivity index is 1.30. The van der Waals surface area contributed by atoms with E-state index in [0.29, 0.717) is 17.5 Å². The van der Waals surface area contributed by atoms with Gasteiger partial charge in [-0.2, -0.15) is 0 Å². The summed E-state index contributed by atoms with van der Waals surface area (Å²) in [6, 6.07) is 12.3. The van der Waals surface area contributed by atoms with E-state index in [4.69, 9.17) is 4.84 Å². The first-order valence-corrected chi connectivity index (χ1v) is 13.5. The number of amides is 2. The van der Waals surface area contributed by atoms with E-state index in [1.54, 1.807) is 5.06 Å². The predicted molar refractivity (Wildman–Crippen MR) is 143 cm³/mol. The van der Waals surface area contributed by atoms with E-state index in [1.165, 1.54) is 35.4 Å². The van der Waals surface area contributed by atoms with E-state index in [-0.39, 0.29) is 23.9 Å². The third-order valence-corrected chi connectivity index (χ3v) is 7.38. The molecule has 0 saturated carbocycles. The molecule has 0 bridgehead atoms. The highest BCUT2D eigenvalue weighted by Crippen LogP contribution is 2.29. The molecule has 2 amide bonds. The molecule has 1 heterocycles. The second kappa shape index (κ2) is 12.5. The first kappa shape index (κ1) is 27.1. The molecule has 37 heavy (non-hydrogen) atoms. The Kier molecular flexibility index (Phi) is 9.16. The van der Waals surface area contributed by atoms with Gasteiger partial charge in [0.05, 0.1) is 0 Å². The summed E-state index contributed by atoms with van der Waals surface area (Å²) in [4.78, 5) is 32.5. The quantitative estimate of drug-likeness (QED) is 0.522. The number of benzene rings is 2. The lowest BCUT2D eigenvalue weighted by atomic mass is 9.86. The average molecular weight is 511 g/mol. The van der Waals surface area contributed by atoms with Crippen molar-refractivity contribution >= 4 is 17.7 Å². The molecule has 7 nitrogen and oxygen atoms in total. The fourth-order valence-electron chi connectivity index (χ4n) is 5.36. The number of piperidine rings is 1. The zero-order valence-electron chi connectivity index (χ0n) is 22.1. The smallest absolute Gasteiger partial charge is 0.351 e. The summed E-state index contributed by atoms with van der Waals surface area (Å²) in [5, 5.41) is 7.51. The van der Waals surface area contributed by atoms with Crippen molar-refractivity contribution in [1.82, 2.24) is 15.3 Å². The first-order valence-electron chi connectivity index (χ1n) is 13.5. The number of rotatable bonds is 8. The van der Waals surface area contributed by atoms with Crippen LogP contribution in [0.3, 0.4) is 0 Å². The van der Waals surface area contributed by atoms with Crippen LogP contribution >= 0.6 is 0 Å². The number of fused-ring (bicyclic) bond motifs is 1. The van der Waals surface area contributed by atoms with Crippen LogP contribution in [-0.4, -0.2) is 60.2 Å². The van der Waals surface area contributed by atoms with Crippen LogP contribution < -0.4 is 10.6 Å². The molecule has 2 aromatic rings. The molecule has 0 radical (unpaired) electrons. The number of nitrogens with one attached hydrogen (secondary N) is 2. The molecule has 4 rings (SSSR count). The Morgan fingerprint density at radius 1 is 1.08 bits per heavy atom. The van der Waals surface area contributed by atoms with E-state index in [1.807, 2.05) is 19.9 Å². The summed E-state index contributed by atoms with van der Waals surface area (Å²) in [7, 11) is 0. The minimum Gasteiger partial charge on any atom is -0.351 e. The van der Waals surface area contributed by atoms with Gasteiger partial charge in [-0.1, -0.05) is 13.0 Å². The molecular formula is C29H39FN4O3. The molecule has 200 valence electrons. The van der Waals surface area contributed by atoms with Crippen molar-refractivity contribution < 1.29 is 18.8 Å². The fourth-order valence-corrected chi connectivity index (χ4v) is 5.36. The van der Waals surface area contributed by atoms with Gasteiger partial charge in [0.25, 0.3) is 5.91 Å². The maximum atomic E-state index is 13.2. The highest BCUT2D eigenvalue weighted by Gasteiger charge is 2.28. The van der Waals surface area contributed by atoms with Crippen molar-refractivity contribution in [1.29, 1.82) is 0 Å². The summed E-state index contributed by atoms with van der Waals surface area (Å²) in [5.74, 6) is -0.0139. The summed E-state index contributed by atoms with van der Waals surface area (Å²) < 4.78 is 13.2. The summed E-state index contributed by atoms with van der Waals surface area (Å²) in [6.45, 7) is 9.63. The van der Waals surface area contributed by atoms with Gasteiger partial charge in [-0.3, -0.25) is 4.79 Å².